The van der Waals surface area contributed by atoms with Crippen LogP contribution in [0.4, 0.5) is 0 Å². The van der Waals surface area contributed by atoms with Crippen molar-refractivity contribution >= 4 is 19.4 Å². The Morgan fingerprint density at radius 2 is 1.85 bits per heavy atom. The van der Waals surface area contributed by atoms with Crippen LogP contribution in [0.3, 0.4) is 0 Å². The van der Waals surface area contributed by atoms with E-state index in [0.717, 1.165) is 4.82 Å². The van der Waals surface area contributed by atoms with Gasteiger partial charge in [-0.15, -0.1) is 0 Å². The molecule has 1 aromatic carbocycles. The molecule has 0 aromatic heterocycles. The van der Waals surface area contributed by atoms with Crippen molar-refractivity contribution in [1.29, 1.82) is 0 Å². The van der Waals surface area contributed by atoms with Crippen LogP contribution in [-0.2, 0) is 0 Å². The minimum absolute atomic E-state index is 0.655. The maximum atomic E-state index is 2.37. The van der Waals surface area contributed by atoms with Crippen LogP contribution in [0, 0.1) is 0 Å². The van der Waals surface area contributed by atoms with Crippen molar-refractivity contribution in [2.75, 3.05) is 0 Å². The molecule has 2 atom stereocenters. The van der Waals surface area contributed by atoms with Gasteiger partial charge in [-0.25, -0.2) is 0 Å². The minimum atomic E-state index is 0.655. The summed E-state index contributed by atoms with van der Waals surface area (Å²) in [6, 6.07) is 8.88. The quantitative estimate of drug-likeness (QED) is 0.601. The molecule has 13 heavy (non-hydrogen) atoms. The SMILES string of the molecule is C1=CC2[Se]c3ccccc3C2C=C1. The third-order valence-electron chi connectivity index (χ3n) is 2.63. The number of rotatable bonds is 0. The Kier molecular flexibility index (Phi) is 1.68. The zero-order valence-electron chi connectivity index (χ0n) is 7.18. The summed E-state index contributed by atoms with van der Waals surface area (Å²) in [5.74, 6) is 0.682. The van der Waals surface area contributed by atoms with Gasteiger partial charge in [0.05, 0.1) is 0 Å². The number of fused-ring (bicyclic) bond motifs is 3. The van der Waals surface area contributed by atoms with Crippen LogP contribution in [0.5, 0.6) is 0 Å². The Morgan fingerprint density at radius 1 is 1.00 bits per heavy atom. The number of benzene rings is 1. The molecule has 2 aliphatic rings. The molecule has 0 bridgehead atoms. The molecule has 0 spiro atoms. The topological polar surface area (TPSA) is 0 Å². The van der Waals surface area contributed by atoms with Gasteiger partial charge in [0.2, 0.25) is 0 Å². The molecule has 1 aliphatic carbocycles. The van der Waals surface area contributed by atoms with E-state index in [1.807, 2.05) is 0 Å². The van der Waals surface area contributed by atoms with Crippen LogP contribution in [-0.4, -0.2) is 15.0 Å². The van der Waals surface area contributed by atoms with Crippen molar-refractivity contribution in [3.05, 3.63) is 54.1 Å². The normalized spacial score (nSPS) is 28.6. The van der Waals surface area contributed by atoms with Crippen molar-refractivity contribution in [2.24, 2.45) is 0 Å². The van der Waals surface area contributed by atoms with Gasteiger partial charge in [-0.1, -0.05) is 0 Å². The van der Waals surface area contributed by atoms with Crippen LogP contribution in [0.25, 0.3) is 0 Å². The second kappa shape index (κ2) is 2.87. The summed E-state index contributed by atoms with van der Waals surface area (Å²) < 4.78 is 1.60. The van der Waals surface area contributed by atoms with Crippen molar-refractivity contribution in [1.82, 2.24) is 0 Å². The van der Waals surface area contributed by atoms with Crippen LogP contribution in [0.15, 0.2) is 48.6 Å². The first-order valence-electron chi connectivity index (χ1n) is 4.56. The first-order valence-corrected chi connectivity index (χ1v) is 6.40. The second-order valence-electron chi connectivity index (χ2n) is 3.42. The molecule has 0 nitrogen and oxygen atoms in total. The van der Waals surface area contributed by atoms with E-state index in [2.05, 4.69) is 48.6 Å². The molecular weight excluding hydrogens is 223 g/mol. The Morgan fingerprint density at radius 3 is 2.85 bits per heavy atom. The Labute approximate surface area is 84.5 Å². The molecule has 0 fully saturated rings. The molecule has 0 radical (unpaired) electrons. The van der Waals surface area contributed by atoms with E-state index in [0.29, 0.717) is 20.9 Å². The van der Waals surface area contributed by atoms with Gasteiger partial charge in [-0.05, 0) is 0 Å². The summed E-state index contributed by atoms with van der Waals surface area (Å²) >= 11 is 0.655. The summed E-state index contributed by atoms with van der Waals surface area (Å²) in [7, 11) is 0. The van der Waals surface area contributed by atoms with E-state index in [-0.39, 0.29) is 0 Å². The van der Waals surface area contributed by atoms with Gasteiger partial charge < -0.3 is 0 Å². The van der Waals surface area contributed by atoms with Gasteiger partial charge in [0.1, 0.15) is 0 Å². The first-order chi connectivity index (χ1) is 6.45. The van der Waals surface area contributed by atoms with Gasteiger partial charge in [0.25, 0.3) is 0 Å². The van der Waals surface area contributed by atoms with E-state index in [1.165, 1.54) is 0 Å². The van der Waals surface area contributed by atoms with Gasteiger partial charge >= 0.3 is 84.3 Å². The summed E-state index contributed by atoms with van der Waals surface area (Å²) in [5, 5.41) is 0. The molecule has 0 saturated carbocycles. The Bertz CT molecular complexity index is 390. The van der Waals surface area contributed by atoms with E-state index >= 15 is 0 Å². The van der Waals surface area contributed by atoms with Gasteiger partial charge in [0.15, 0.2) is 0 Å². The molecule has 0 saturated heterocycles. The molecule has 1 heteroatoms. The van der Waals surface area contributed by atoms with E-state index in [4.69, 9.17) is 0 Å². The summed E-state index contributed by atoms with van der Waals surface area (Å²) in [5.41, 5.74) is 1.56. The first kappa shape index (κ1) is 7.61. The van der Waals surface area contributed by atoms with Crippen LogP contribution in [0.1, 0.15) is 11.5 Å². The molecular formula is C12H10Se. The van der Waals surface area contributed by atoms with Crippen LogP contribution in [0.2, 0.25) is 4.82 Å². The van der Waals surface area contributed by atoms with E-state index in [1.54, 1.807) is 10.0 Å². The van der Waals surface area contributed by atoms with Crippen molar-refractivity contribution < 1.29 is 0 Å². The summed E-state index contributed by atoms with van der Waals surface area (Å²) in [6.45, 7) is 0. The summed E-state index contributed by atoms with van der Waals surface area (Å²) in [6.07, 6.45) is 9.08. The average molecular weight is 233 g/mol. The van der Waals surface area contributed by atoms with Crippen LogP contribution >= 0.6 is 0 Å². The number of allylic oxidation sites excluding steroid dienone is 4. The number of hydrogen-bond acceptors (Lipinski definition) is 0. The zero-order valence-corrected chi connectivity index (χ0v) is 8.89. The second-order valence-corrected chi connectivity index (χ2v) is 5.98. The predicted octanol–water partition coefficient (Wildman–Crippen LogP) is 2.03. The summed E-state index contributed by atoms with van der Waals surface area (Å²) in [4.78, 5) is 0.787. The molecule has 1 heterocycles. The van der Waals surface area contributed by atoms with Gasteiger partial charge in [0, 0.05) is 0 Å². The standard InChI is InChI=1S/C12H10Se/c1-3-7-11-9(5-1)10-6-2-4-8-12(10)13-11/h1-9,11H. The molecule has 3 rings (SSSR count). The third kappa shape index (κ3) is 1.12. The van der Waals surface area contributed by atoms with Crippen LogP contribution < -0.4 is 4.46 Å². The fourth-order valence-corrected chi connectivity index (χ4v) is 4.81. The molecule has 2 unspecified atom stereocenters. The fraction of sp³-hybridized carbons (Fsp3) is 0.167. The van der Waals surface area contributed by atoms with E-state index < -0.39 is 0 Å². The average Bonchev–Trinajstić information content (AvgIpc) is 2.56. The molecule has 0 amide bonds. The van der Waals surface area contributed by atoms with Gasteiger partial charge in [-0.2, -0.15) is 0 Å². The monoisotopic (exact) mass is 234 g/mol. The van der Waals surface area contributed by atoms with Gasteiger partial charge in [-0.3, -0.25) is 0 Å². The maximum absolute atomic E-state index is 2.37. The molecule has 1 aromatic rings. The molecule has 0 N–H and O–H groups in total. The number of hydrogen-bond donors (Lipinski definition) is 0. The Hall–Kier alpha value is -0.781. The molecule has 1 aliphatic heterocycles. The zero-order chi connectivity index (χ0) is 8.67. The molecule has 64 valence electrons. The van der Waals surface area contributed by atoms with Crippen molar-refractivity contribution in [3.8, 4) is 0 Å². The van der Waals surface area contributed by atoms with E-state index in [9.17, 15) is 0 Å². The predicted molar refractivity (Wildman–Crippen MR) is 56.6 cm³/mol. The Balaban J connectivity index is 2.12. The third-order valence-corrected chi connectivity index (χ3v) is 5.45. The van der Waals surface area contributed by atoms with Crippen molar-refractivity contribution in [2.45, 2.75) is 10.7 Å². The fourth-order valence-electron chi connectivity index (χ4n) is 1.99. The van der Waals surface area contributed by atoms with Crippen molar-refractivity contribution in [3.63, 3.8) is 0 Å².